The Morgan fingerprint density at radius 2 is 1.76 bits per heavy atom. The molecular weight excluding hydrogens is 212 g/mol. The van der Waals surface area contributed by atoms with Gasteiger partial charge in [0.15, 0.2) is 0 Å². The van der Waals surface area contributed by atoms with Crippen LogP contribution in [-0.2, 0) is 20.5 Å². The molecular formula is C15H18O2. The van der Waals surface area contributed by atoms with E-state index in [0.717, 1.165) is 19.3 Å². The molecule has 17 heavy (non-hydrogen) atoms. The minimum absolute atomic E-state index is 0.0421. The van der Waals surface area contributed by atoms with E-state index in [-0.39, 0.29) is 17.0 Å². The Hall–Kier alpha value is -1.31. The van der Waals surface area contributed by atoms with E-state index in [2.05, 4.69) is 32.0 Å². The van der Waals surface area contributed by atoms with Gasteiger partial charge in [-0.25, -0.2) is 0 Å². The van der Waals surface area contributed by atoms with E-state index in [1.165, 1.54) is 11.1 Å². The molecule has 0 saturated carbocycles. The van der Waals surface area contributed by atoms with Crippen LogP contribution in [0.5, 0.6) is 0 Å². The quantitative estimate of drug-likeness (QED) is 0.639. The van der Waals surface area contributed by atoms with E-state index in [4.69, 9.17) is 4.74 Å². The van der Waals surface area contributed by atoms with Crippen LogP contribution in [0.4, 0.5) is 0 Å². The zero-order valence-electron chi connectivity index (χ0n) is 10.5. The lowest BCUT2D eigenvalue weighted by molar-refractivity contribution is -0.150. The smallest absolute Gasteiger partial charge is 0.306 e. The van der Waals surface area contributed by atoms with E-state index >= 15 is 0 Å². The summed E-state index contributed by atoms with van der Waals surface area (Å²) in [6, 6.07) is 8.45. The highest BCUT2D eigenvalue weighted by Gasteiger charge is 2.48. The first-order valence-electron chi connectivity index (χ1n) is 6.35. The summed E-state index contributed by atoms with van der Waals surface area (Å²) in [4.78, 5) is 11.5. The van der Waals surface area contributed by atoms with Crippen molar-refractivity contribution >= 4 is 5.97 Å². The third kappa shape index (κ3) is 1.50. The maximum absolute atomic E-state index is 11.5. The van der Waals surface area contributed by atoms with Crippen LogP contribution < -0.4 is 0 Å². The summed E-state index contributed by atoms with van der Waals surface area (Å²) in [6.07, 6.45) is 3.45. The molecule has 2 aliphatic rings. The summed E-state index contributed by atoms with van der Waals surface area (Å²) >= 11 is 0. The van der Waals surface area contributed by atoms with Crippen LogP contribution in [0.25, 0.3) is 0 Å². The first-order valence-corrected chi connectivity index (χ1v) is 6.35. The predicted octanol–water partition coefficient (Wildman–Crippen LogP) is 3.29. The van der Waals surface area contributed by atoms with Crippen molar-refractivity contribution in [3.05, 3.63) is 35.4 Å². The maximum atomic E-state index is 11.5. The fourth-order valence-electron chi connectivity index (χ4n) is 3.24. The van der Waals surface area contributed by atoms with Crippen molar-refractivity contribution in [1.29, 1.82) is 0 Å². The second-order valence-corrected chi connectivity index (χ2v) is 5.90. The van der Waals surface area contributed by atoms with Gasteiger partial charge in [-0.1, -0.05) is 38.1 Å². The Bertz CT molecular complexity index is 476. The van der Waals surface area contributed by atoms with E-state index in [0.29, 0.717) is 6.42 Å². The second-order valence-electron chi connectivity index (χ2n) is 5.90. The maximum Gasteiger partial charge on any atom is 0.306 e. The van der Waals surface area contributed by atoms with Gasteiger partial charge < -0.3 is 4.74 Å². The molecule has 1 aliphatic heterocycles. The Labute approximate surface area is 102 Å². The molecule has 1 aliphatic carbocycles. The Balaban J connectivity index is 2.15. The van der Waals surface area contributed by atoms with Crippen LogP contribution in [0.2, 0.25) is 0 Å². The number of hydrogen-bond donors (Lipinski definition) is 0. The average Bonchev–Trinajstić information content (AvgIpc) is 2.69. The number of rotatable bonds is 0. The molecule has 2 nitrogen and oxygen atoms in total. The molecule has 0 radical (unpaired) electrons. The summed E-state index contributed by atoms with van der Waals surface area (Å²) in [5.41, 5.74) is 2.46. The van der Waals surface area contributed by atoms with Gasteiger partial charge in [0.2, 0.25) is 0 Å². The lowest BCUT2D eigenvalue weighted by Crippen LogP contribution is -2.37. The summed E-state index contributed by atoms with van der Waals surface area (Å²) in [6.45, 7) is 4.55. The van der Waals surface area contributed by atoms with Crippen molar-refractivity contribution in [2.45, 2.75) is 50.5 Å². The largest absolute Gasteiger partial charge is 0.454 e. The molecule has 1 saturated heterocycles. The molecule has 90 valence electrons. The second kappa shape index (κ2) is 3.34. The van der Waals surface area contributed by atoms with Gasteiger partial charge in [0.05, 0.1) is 0 Å². The third-order valence-corrected chi connectivity index (χ3v) is 4.34. The third-order valence-electron chi connectivity index (χ3n) is 4.34. The van der Waals surface area contributed by atoms with Gasteiger partial charge in [0, 0.05) is 12.8 Å². The van der Waals surface area contributed by atoms with E-state index in [9.17, 15) is 4.79 Å². The van der Waals surface area contributed by atoms with Gasteiger partial charge >= 0.3 is 5.97 Å². The van der Waals surface area contributed by atoms with E-state index in [1.807, 2.05) is 6.07 Å². The van der Waals surface area contributed by atoms with Gasteiger partial charge in [-0.2, -0.15) is 0 Å². The Morgan fingerprint density at radius 1 is 1.06 bits per heavy atom. The molecule has 1 unspecified atom stereocenters. The summed E-state index contributed by atoms with van der Waals surface area (Å²) < 4.78 is 5.67. The zero-order valence-corrected chi connectivity index (χ0v) is 10.5. The molecule has 1 aromatic carbocycles. The average molecular weight is 230 g/mol. The number of esters is 1. The lowest BCUT2D eigenvalue weighted by atomic mass is 9.66. The van der Waals surface area contributed by atoms with Crippen molar-refractivity contribution in [3.63, 3.8) is 0 Å². The predicted molar refractivity (Wildman–Crippen MR) is 65.7 cm³/mol. The molecule has 2 heteroatoms. The monoisotopic (exact) mass is 230 g/mol. The first-order chi connectivity index (χ1) is 8.04. The summed E-state index contributed by atoms with van der Waals surface area (Å²) in [7, 11) is 0. The van der Waals surface area contributed by atoms with Crippen molar-refractivity contribution in [3.8, 4) is 0 Å². The molecule has 0 aromatic heterocycles. The van der Waals surface area contributed by atoms with Crippen LogP contribution >= 0.6 is 0 Å². The first kappa shape index (κ1) is 10.8. The number of carbonyl (C=O) groups excluding carboxylic acids is 1. The molecule has 0 bridgehead atoms. The van der Waals surface area contributed by atoms with Crippen molar-refractivity contribution in [1.82, 2.24) is 0 Å². The zero-order chi connectivity index (χ0) is 12.1. The molecule has 1 spiro atoms. The Morgan fingerprint density at radius 3 is 2.41 bits per heavy atom. The highest BCUT2D eigenvalue weighted by atomic mass is 16.6. The number of fused-ring (bicyclic) bond motifs is 2. The summed E-state index contributed by atoms with van der Waals surface area (Å²) in [5.74, 6) is -0.0421. The minimum Gasteiger partial charge on any atom is -0.454 e. The number of hydrogen-bond acceptors (Lipinski definition) is 2. The highest BCUT2D eigenvalue weighted by molar-refractivity contribution is 5.73. The lowest BCUT2D eigenvalue weighted by Gasteiger charge is -2.42. The Kier molecular flexibility index (Phi) is 2.13. The van der Waals surface area contributed by atoms with Gasteiger partial charge in [0.1, 0.15) is 5.60 Å². The molecule has 1 aromatic rings. The SMILES string of the molecule is CC1(C)CCC2(CCC(=O)O2)c2ccccc21. The van der Waals surface area contributed by atoms with Crippen LogP contribution in [-0.4, -0.2) is 5.97 Å². The molecule has 1 atom stereocenters. The number of carbonyl (C=O) groups is 1. The fourth-order valence-corrected chi connectivity index (χ4v) is 3.24. The summed E-state index contributed by atoms with van der Waals surface area (Å²) in [5, 5.41) is 0. The molecule has 0 amide bonds. The molecule has 1 fully saturated rings. The molecule has 1 heterocycles. The van der Waals surface area contributed by atoms with Crippen LogP contribution in [0.15, 0.2) is 24.3 Å². The van der Waals surface area contributed by atoms with E-state index in [1.54, 1.807) is 0 Å². The van der Waals surface area contributed by atoms with Crippen LogP contribution in [0.3, 0.4) is 0 Å². The van der Waals surface area contributed by atoms with Gasteiger partial charge in [-0.15, -0.1) is 0 Å². The van der Waals surface area contributed by atoms with E-state index < -0.39 is 0 Å². The van der Waals surface area contributed by atoms with Crippen molar-refractivity contribution in [2.24, 2.45) is 0 Å². The number of ether oxygens (including phenoxy) is 1. The van der Waals surface area contributed by atoms with Crippen LogP contribution in [0, 0.1) is 0 Å². The van der Waals surface area contributed by atoms with Gasteiger partial charge in [0.25, 0.3) is 0 Å². The normalized spacial score (nSPS) is 30.1. The van der Waals surface area contributed by atoms with Crippen molar-refractivity contribution < 1.29 is 9.53 Å². The topological polar surface area (TPSA) is 26.3 Å². The van der Waals surface area contributed by atoms with Gasteiger partial charge in [-0.05, 0) is 29.4 Å². The fraction of sp³-hybridized carbons (Fsp3) is 0.533. The molecule has 3 rings (SSSR count). The van der Waals surface area contributed by atoms with Crippen molar-refractivity contribution in [2.75, 3.05) is 0 Å². The molecule has 0 N–H and O–H groups in total. The minimum atomic E-state index is -0.316. The standard InChI is InChI=1S/C15H18O2/c1-14(2)9-10-15(8-7-13(16)17-15)12-6-4-3-5-11(12)14/h3-6H,7-10H2,1-2H3. The highest BCUT2D eigenvalue weighted by Crippen LogP contribution is 2.51. The number of benzene rings is 1. The van der Waals surface area contributed by atoms with Gasteiger partial charge in [-0.3, -0.25) is 4.79 Å². The van der Waals surface area contributed by atoms with Crippen LogP contribution in [0.1, 0.15) is 50.7 Å².